The number of rotatable bonds is 1. The van der Waals surface area contributed by atoms with Gasteiger partial charge in [0.1, 0.15) is 5.82 Å². The highest BCUT2D eigenvalue weighted by atomic mass is 15.0. The number of fused-ring (bicyclic) bond motifs is 1. The van der Waals surface area contributed by atoms with Crippen LogP contribution >= 0.6 is 0 Å². The van der Waals surface area contributed by atoms with E-state index >= 15 is 0 Å². The molecular formula is C14H19N3. The van der Waals surface area contributed by atoms with E-state index in [0.29, 0.717) is 0 Å². The molecule has 2 aromatic rings. The molecule has 0 aliphatic heterocycles. The Bertz CT molecular complexity index is 558. The van der Waals surface area contributed by atoms with Gasteiger partial charge in [-0.3, -0.25) is 0 Å². The second-order valence-electron chi connectivity index (χ2n) is 5.47. The first kappa shape index (κ1) is 10.8. The zero-order chi connectivity index (χ0) is 12.0. The van der Waals surface area contributed by atoms with Gasteiger partial charge in [-0.05, 0) is 31.4 Å². The molecule has 1 saturated carbocycles. The Kier molecular flexibility index (Phi) is 2.26. The van der Waals surface area contributed by atoms with Gasteiger partial charge in [0.15, 0.2) is 0 Å². The van der Waals surface area contributed by atoms with Crippen LogP contribution in [0.3, 0.4) is 0 Å². The van der Waals surface area contributed by atoms with Crippen LogP contribution in [0.5, 0.6) is 0 Å². The number of aromatic amines is 1. The van der Waals surface area contributed by atoms with Gasteiger partial charge in [0, 0.05) is 11.5 Å². The second kappa shape index (κ2) is 3.57. The van der Waals surface area contributed by atoms with E-state index < -0.39 is 0 Å². The number of H-pyrrole nitrogens is 1. The Morgan fingerprint density at radius 2 is 2.29 bits per heavy atom. The lowest BCUT2D eigenvalue weighted by Gasteiger charge is -2.26. The molecule has 1 aliphatic carbocycles. The quantitative estimate of drug-likeness (QED) is 0.789. The summed E-state index contributed by atoms with van der Waals surface area (Å²) in [6.07, 6.45) is 3.44. The van der Waals surface area contributed by atoms with Crippen molar-refractivity contribution >= 4 is 11.0 Å². The van der Waals surface area contributed by atoms with Crippen molar-refractivity contribution in [2.45, 2.75) is 44.6 Å². The van der Waals surface area contributed by atoms with Gasteiger partial charge < -0.3 is 10.7 Å². The molecule has 1 heterocycles. The average molecular weight is 229 g/mol. The summed E-state index contributed by atoms with van der Waals surface area (Å²) in [5.74, 6) is 1.06. The fraction of sp³-hybridized carbons (Fsp3) is 0.500. The molecular weight excluding hydrogens is 210 g/mol. The molecule has 3 heteroatoms. The van der Waals surface area contributed by atoms with Crippen LogP contribution in [-0.4, -0.2) is 16.0 Å². The fourth-order valence-corrected chi connectivity index (χ4v) is 2.93. The lowest BCUT2D eigenvalue weighted by molar-refractivity contribution is 0.409. The molecule has 1 aromatic carbocycles. The molecule has 3 N–H and O–H groups in total. The largest absolute Gasteiger partial charge is 0.341 e. The Balaban J connectivity index is 2.15. The number of hydrogen-bond donors (Lipinski definition) is 2. The molecule has 3 nitrogen and oxygen atoms in total. The summed E-state index contributed by atoms with van der Waals surface area (Å²) in [5, 5.41) is 0. The number of hydrogen-bond acceptors (Lipinski definition) is 2. The fourth-order valence-electron chi connectivity index (χ4n) is 2.93. The Morgan fingerprint density at radius 1 is 1.47 bits per heavy atom. The number of nitrogens with one attached hydrogen (secondary N) is 1. The normalized spacial score (nSPS) is 29.0. The van der Waals surface area contributed by atoms with Gasteiger partial charge in [-0.15, -0.1) is 0 Å². The lowest BCUT2D eigenvalue weighted by atomic mass is 9.84. The Labute approximate surface area is 101 Å². The van der Waals surface area contributed by atoms with E-state index in [2.05, 4.69) is 37.0 Å². The lowest BCUT2D eigenvalue weighted by Crippen LogP contribution is -2.39. The van der Waals surface area contributed by atoms with E-state index in [1.54, 1.807) is 0 Å². The van der Waals surface area contributed by atoms with Crippen LogP contribution in [0.1, 0.15) is 37.6 Å². The third-order valence-corrected chi connectivity index (χ3v) is 4.29. The van der Waals surface area contributed by atoms with Crippen LogP contribution in [0.25, 0.3) is 11.0 Å². The van der Waals surface area contributed by atoms with E-state index in [0.717, 1.165) is 29.7 Å². The third kappa shape index (κ3) is 1.49. The highest BCUT2D eigenvalue weighted by Crippen LogP contribution is 2.39. The number of benzene rings is 1. The molecule has 1 aromatic heterocycles. The smallest absolute Gasteiger partial charge is 0.114 e. The van der Waals surface area contributed by atoms with Gasteiger partial charge in [-0.1, -0.05) is 25.5 Å². The molecule has 0 amide bonds. The first-order chi connectivity index (χ1) is 8.11. The molecule has 0 spiro atoms. The highest BCUT2D eigenvalue weighted by Gasteiger charge is 2.40. The maximum absolute atomic E-state index is 6.25. The van der Waals surface area contributed by atoms with Crippen molar-refractivity contribution in [3.8, 4) is 0 Å². The maximum Gasteiger partial charge on any atom is 0.114 e. The Morgan fingerprint density at radius 3 is 2.94 bits per heavy atom. The number of imidazole rings is 1. The minimum atomic E-state index is 0.0193. The average Bonchev–Trinajstić information content (AvgIpc) is 2.86. The van der Waals surface area contributed by atoms with Gasteiger partial charge in [-0.2, -0.15) is 0 Å². The summed E-state index contributed by atoms with van der Waals surface area (Å²) in [4.78, 5) is 8.24. The summed E-state index contributed by atoms with van der Waals surface area (Å²) in [6.45, 7) is 4.33. The van der Waals surface area contributed by atoms with Crippen LogP contribution in [0.15, 0.2) is 18.2 Å². The van der Waals surface area contributed by atoms with Crippen LogP contribution in [0.2, 0.25) is 0 Å². The molecule has 3 rings (SSSR count). The zero-order valence-electron chi connectivity index (χ0n) is 10.5. The first-order valence-electron chi connectivity index (χ1n) is 6.33. The van der Waals surface area contributed by atoms with Crippen LogP contribution in [-0.2, 0) is 5.41 Å². The molecule has 2 unspecified atom stereocenters. The van der Waals surface area contributed by atoms with Crippen LogP contribution in [0.4, 0.5) is 0 Å². The number of aromatic nitrogens is 2. The molecule has 90 valence electrons. The van der Waals surface area contributed by atoms with Crippen molar-refractivity contribution < 1.29 is 0 Å². The van der Waals surface area contributed by atoms with Gasteiger partial charge in [0.05, 0.1) is 11.0 Å². The SMILES string of the molecule is Cc1cccc2[nH]c(C3(C)CCCC3N)nc12. The molecule has 1 aliphatic rings. The first-order valence-corrected chi connectivity index (χ1v) is 6.33. The van der Waals surface area contributed by atoms with Crippen molar-refractivity contribution in [3.63, 3.8) is 0 Å². The zero-order valence-corrected chi connectivity index (χ0v) is 10.5. The molecule has 2 atom stereocenters. The van der Waals surface area contributed by atoms with Gasteiger partial charge >= 0.3 is 0 Å². The summed E-state index contributed by atoms with van der Waals surface area (Å²) >= 11 is 0. The van der Waals surface area contributed by atoms with E-state index in [1.165, 1.54) is 12.0 Å². The number of aryl methyl sites for hydroxylation is 1. The number of nitrogens with zero attached hydrogens (tertiary/aromatic N) is 1. The maximum atomic E-state index is 6.25. The number of para-hydroxylation sites is 1. The summed E-state index contributed by atoms with van der Waals surface area (Å²) in [7, 11) is 0. The predicted octanol–water partition coefficient (Wildman–Crippen LogP) is 2.64. The molecule has 0 saturated heterocycles. The minimum absolute atomic E-state index is 0.0193. The van der Waals surface area contributed by atoms with E-state index in [4.69, 9.17) is 10.7 Å². The van der Waals surface area contributed by atoms with Gasteiger partial charge in [0.2, 0.25) is 0 Å². The van der Waals surface area contributed by atoms with Crippen LogP contribution < -0.4 is 5.73 Å². The topological polar surface area (TPSA) is 54.7 Å². The van der Waals surface area contributed by atoms with Crippen molar-refractivity contribution in [1.29, 1.82) is 0 Å². The highest BCUT2D eigenvalue weighted by molar-refractivity contribution is 5.78. The van der Waals surface area contributed by atoms with E-state index in [-0.39, 0.29) is 11.5 Å². The van der Waals surface area contributed by atoms with E-state index in [9.17, 15) is 0 Å². The van der Waals surface area contributed by atoms with E-state index in [1.807, 2.05) is 0 Å². The monoisotopic (exact) mass is 229 g/mol. The molecule has 0 bridgehead atoms. The van der Waals surface area contributed by atoms with Gasteiger partial charge in [-0.25, -0.2) is 4.98 Å². The summed E-state index contributed by atoms with van der Waals surface area (Å²) in [5.41, 5.74) is 9.70. The van der Waals surface area contributed by atoms with Crippen molar-refractivity contribution in [1.82, 2.24) is 9.97 Å². The van der Waals surface area contributed by atoms with Crippen LogP contribution in [0, 0.1) is 6.92 Å². The summed E-state index contributed by atoms with van der Waals surface area (Å²) < 4.78 is 0. The predicted molar refractivity (Wildman–Crippen MR) is 70.0 cm³/mol. The second-order valence-corrected chi connectivity index (χ2v) is 5.47. The summed E-state index contributed by atoms with van der Waals surface area (Å²) in [6, 6.07) is 6.48. The standard InChI is InChI=1S/C14H19N3/c1-9-5-3-6-10-12(9)17-13(16-10)14(2)8-4-7-11(14)15/h3,5-6,11H,4,7-8,15H2,1-2H3,(H,16,17). The van der Waals surface area contributed by atoms with Crippen molar-refractivity contribution in [2.75, 3.05) is 0 Å². The third-order valence-electron chi connectivity index (χ3n) is 4.29. The molecule has 1 fully saturated rings. The van der Waals surface area contributed by atoms with Crippen molar-refractivity contribution in [3.05, 3.63) is 29.6 Å². The van der Waals surface area contributed by atoms with Crippen molar-refractivity contribution in [2.24, 2.45) is 5.73 Å². The molecule has 17 heavy (non-hydrogen) atoms. The number of nitrogens with two attached hydrogens (primary N) is 1. The molecule has 0 radical (unpaired) electrons. The minimum Gasteiger partial charge on any atom is -0.341 e. The Hall–Kier alpha value is -1.35. The van der Waals surface area contributed by atoms with Gasteiger partial charge in [0.25, 0.3) is 0 Å².